The van der Waals surface area contributed by atoms with Crippen molar-refractivity contribution < 1.29 is 24.5 Å². The minimum absolute atomic E-state index is 0.0939. The first-order valence-corrected chi connectivity index (χ1v) is 16.8. The second-order valence-electron chi connectivity index (χ2n) is 12.8. The summed E-state index contributed by atoms with van der Waals surface area (Å²) in [5, 5.41) is 26.9. The fraction of sp³-hybridized carbons (Fsp3) is 0.244. The predicted molar refractivity (Wildman–Crippen MR) is 193 cm³/mol. The highest BCUT2D eigenvalue weighted by Gasteiger charge is 2.46. The Morgan fingerprint density at radius 2 is 1.26 bits per heavy atom. The number of rotatable bonds is 11. The molecule has 4 aromatic carbocycles. The number of pyridine rings is 1. The van der Waals surface area contributed by atoms with Gasteiger partial charge in [0, 0.05) is 24.8 Å². The Bertz CT molecular complexity index is 1890. The normalized spacial score (nSPS) is 19.2. The van der Waals surface area contributed by atoms with Crippen LogP contribution in [0, 0.1) is 6.92 Å². The molecule has 0 radical (unpaired) electrons. The fourth-order valence-corrected chi connectivity index (χ4v) is 6.52. The van der Waals surface area contributed by atoms with Gasteiger partial charge in [-0.05, 0) is 77.9 Å². The zero-order chi connectivity index (χ0) is 35.0. The van der Waals surface area contributed by atoms with Gasteiger partial charge in [-0.25, -0.2) is 9.78 Å². The van der Waals surface area contributed by atoms with Crippen molar-refractivity contribution in [2.24, 2.45) is 0 Å². The van der Waals surface area contributed by atoms with Gasteiger partial charge in [-0.2, -0.15) is 0 Å². The number of anilines is 1. The molecule has 4 atom stereocenters. The van der Waals surface area contributed by atoms with Crippen LogP contribution in [0.4, 0.5) is 10.6 Å². The number of hydrogen-bond acceptors (Lipinski definition) is 6. The summed E-state index contributed by atoms with van der Waals surface area (Å²) in [6.45, 7) is 2.20. The Balaban J connectivity index is 1.38. The topological polar surface area (TPSA) is 115 Å². The summed E-state index contributed by atoms with van der Waals surface area (Å²) < 4.78 is 5.47. The van der Waals surface area contributed by atoms with Crippen molar-refractivity contribution in [3.05, 3.63) is 161 Å². The van der Waals surface area contributed by atoms with Crippen LogP contribution >= 0.6 is 0 Å². The maximum absolute atomic E-state index is 15.0. The number of carbonyl (C=O) groups excluding carboxylic acids is 2. The third-order valence-electron chi connectivity index (χ3n) is 9.19. The maximum atomic E-state index is 15.0. The van der Waals surface area contributed by atoms with E-state index in [9.17, 15) is 19.8 Å². The molecule has 2 heterocycles. The third-order valence-corrected chi connectivity index (χ3v) is 9.19. The van der Waals surface area contributed by atoms with Crippen LogP contribution < -0.4 is 10.1 Å². The van der Waals surface area contributed by atoms with E-state index in [2.05, 4.69) is 10.3 Å². The van der Waals surface area contributed by atoms with Crippen LogP contribution in [-0.2, 0) is 25.9 Å². The number of methoxy groups -OCH3 is 1. The smallest absolute Gasteiger partial charge is 0.321 e. The van der Waals surface area contributed by atoms with Crippen molar-refractivity contribution in [2.75, 3.05) is 12.4 Å². The van der Waals surface area contributed by atoms with Gasteiger partial charge < -0.3 is 30.1 Å². The van der Waals surface area contributed by atoms with Crippen LogP contribution in [0.2, 0.25) is 0 Å². The van der Waals surface area contributed by atoms with E-state index in [1.165, 1.54) is 0 Å². The largest absolute Gasteiger partial charge is 0.497 e. The van der Waals surface area contributed by atoms with Crippen LogP contribution in [0.5, 0.6) is 5.75 Å². The molecule has 3 N–H and O–H groups in total. The van der Waals surface area contributed by atoms with Gasteiger partial charge in [-0.1, -0.05) is 91.0 Å². The Morgan fingerprint density at radius 3 is 1.80 bits per heavy atom. The molecule has 1 aliphatic heterocycles. The van der Waals surface area contributed by atoms with Crippen molar-refractivity contribution in [3.63, 3.8) is 0 Å². The summed E-state index contributed by atoms with van der Waals surface area (Å²) in [5.74, 6) is 0.760. The van der Waals surface area contributed by atoms with Gasteiger partial charge in [-0.3, -0.25) is 4.79 Å². The van der Waals surface area contributed by atoms with E-state index in [1.807, 2.05) is 104 Å². The monoisotopic (exact) mass is 670 g/mol. The molecule has 1 saturated heterocycles. The molecule has 9 heteroatoms. The molecule has 1 aromatic heterocycles. The lowest BCUT2D eigenvalue weighted by molar-refractivity contribution is -0.0408. The molecule has 0 aliphatic carbocycles. The number of urea groups is 1. The number of amides is 3. The fourth-order valence-electron chi connectivity index (χ4n) is 6.52. The Kier molecular flexibility index (Phi) is 10.9. The molecular weight excluding hydrogens is 628 g/mol. The van der Waals surface area contributed by atoms with Crippen molar-refractivity contribution in [3.8, 4) is 5.75 Å². The second kappa shape index (κ2) is 15.8. The highest BCUT2D eigenvalue weighted by atomic mass is 16.5. The van der Waals surface area contributed by atoms with Gasteiger partial charge in [0.25, 0.3) is 5.91 Å². The highest BCUT2D eigenvalue weighted by Crippen LogP contribution is 2.30. The van der Waals surface area contributed by atoms with Gasteiger partial charge in [-0.15, -0.1) is 0 Å². The van der Waals surface area contributed by atoms with Gasteiger partial charge in [0.05, 0.1) is 19.2 Å². The number of aryl methyl sites for hydroxylation is 1. The average molecular weight is 671 g/mol. The van der Waals surface area contributed by atoms with E-state index in [0.29, 0.717) is 35.5 Å². The van der Waals surface area contributed by atoms with Crippen molar-refractivity contribution in [1.29, 1.82) is 0 Å². The lowest BCUT2D eigenvalue weighted by atomic mass is 9.91. The van der Waals surface area contributed by atoms with E-state index in [0.717, 1.165) is 22.3 Å². The number of benzene rings is 4. The van der Waals surface area contributed by atoms with Crippen molar-refractivity contribution >= 4 is 17.8 Å². The standard InChI is InChI=1S/C41H42N4O5/c1-28-19-20-37(42-25-28)43-40(48)33-17-9-15-31(21-33)26-44-35(23-29-11-5-3-6-12-29)38(46)39(47)36(24-30-13-7-4-8-14-30)45(41(44)49)27-32-16-10-18-34(22-32)50-2/h3-22,25,35-36,38-39,46-47H,23-24,26-27H2,1-2H3,(H,42,43,48)/t35-,36-,38+,39+/m1/s1. The van der Waals surface area contributed by atoms with Crippen LogP contribution in [0.15, 0.2) is 128 Å². The van der Waals surface area contributed by atoms with Crippen LogP contribution in [0.1, 0.15) is 38.2 Å². The van der Waals surface area contributed by atoms with Crippen molar-refractivity contribution in [2.45, 2.75) is 57.1 Å². The number of ether oxygens (including phenoxy) is 1. The van der Waals surface area contributed by atoms with Crippen LogP contribution in [0.3, 0.4) is 0 Å². The van der Waals surface area contributed by atoms with E-state index < -0.39 is 24.3 Å². The minimum Gasteiger partial charge on any atom is -0.497 e. The van der Waals surface area contributed by atoms with E-state index in [1.54, 1.807) is 47.4 Å². The summed E-state index contributed by atoms with van der Waals surface area (Å²) in [6, 6.07) is 35.7. The molecule has 0 unspecified atom stereocenters. The number of hydrogen-bond donors (Lipinski definition) is 3. The number of nitrogens with one attached hydrogen (secondary N) is 1. The summed E-state index contributed by atoms with van der Waals surface area (Å²) in [6.07, 6.45) is -0.199. The van der Waals surface area contributed by atoms with E-state index in [-0.39, 0.29) is 25.0 Å². The summed E-state index contributed by atoms with van der Waals surface area (Å²) in [7, 11) is 1.59. The Morgan fingerprint density at radius 1 is 0.720 bits per heavy atom. The molecule has 1 fully saturated rings. The summed E-state index contributed by atoms with van der Waals surface area (Å²) in [4.78, 5) is 35.9. The highest BCUT2D eigenvalue weighted by molar-refractivity contribution is 6.03. The van der Waals surface area contributed by atoms with Gasteiger partial charge >= 0.3 is 6.03 Å². The number of aliphatic hydroxyl groups is 2. The lowest BCUT2D eigenvalue weighted by Gasteiger charge is -2.36. The number of carbonyl (C=O) groups is 2. The molecule has 0 spiro atoms. The van der Waals surface area contributed by atoms with Crippen LogP contribution in [-0.4, -0.2) is 68.3 Å². The molecule has 50 heavy (non-hydrogen) atoms. The molecule has 5 aromatic rings. The molecule has 0 bridgehead atoms. The average Bonchev–Trinajstić information content (AvgIpc) is 3.20. The molecular formula is C41H42N4O5. The van der Waals surface area contributed by atoms with Gasteiger partial charge in [0.2, 0.25) is 0 Å². The SMILES string of the molecule is COc1cccc(CN2C(=O)N(Cc3cccc(C(=O)Nc4ccc(C)cn4)c3)[C@H](Cc3ccccc3)[C@H](O)[C@@H](O)[C@H]2Cc2ccccc2)c1. The number of aliphatic hydroxyl groups excluding tert-OH is 2. The summed E-state index contributed by atoms with van der Waals surface area (Å²) >= 11 is 0. The lowest BCUT2D eigenvalue weighted by Crippen LogP contribution is -2.50. The zero-order valence-corrected chi connectivity index (χ0v) is 28.2. The molecule has 0 saturated carbocycles. The molecule has 1 aliphatic rings. The molecule has 256 valence electrons. The summed E-state index contributed by atoms with van der Waals surface area (Å²) in [5.41, 5.74) is 4.76. The number of aromatic nitrogens is 1. The third kappa shape index (κ3) is 8.19. The first-order chi connectivity index (χ1) is 24.3. The first kappa shape index (κ1) is 34.4. The quantitative estimate of drug-likeness (QED) is 0.158. The Labute approximate surface area is 292 Å². The van der Waals surface area contributed by atoms with Gasteiger partial charge in [0.1, 0.15) is 23.8 Å². The van der Waals surface area contributed by atoms with E-state index >= 15 is 0 Å². The first-order valence-electron chi connectivity index (χ1n) is 16.8. The zero-order valence-electron chi connectivity index (χ0n) is 28.2. The predicted octanol–water partition coefficient (Wildman–Crippen LogP) is 6.03. The Hall–Kier alpha value is -5.51. The van der Waals surface area contributed by atoms with E-state index in [4.69, 9.17) is 4.74 Å². The second-order valence-corrected chi connectivity index (χ2v) is 12.8. The number of nitrogens with zero attached hydrogens (tertiary/aromatic N) is 3. The van der Waals surface area contributed by atoms with Gasteiger partial charge in [0.15, 0.2) is 0 Å². The molecule has 6 rings (SSSR count). The van der Waals surface area contributed by atoms with Crippen LogP contribution in [0.25, 0.3) is 0 Å². The minimum atomic E-state index is -1.28. The maximum Gasteiger partial charge on any atom is 0.321 e. The molecule has 9 nitrogen and oxygen atoms in total. The van der Waals surface area contributed by atoms with Crippen molar-refractivity contribution in [1.82, 2.24) is 14.8 Å². The molecule has 3 amide bonds.